The van der Waals surface area contributed by atoms with E-state index in [1.807, 2.05) is 0 Å². The fourth-order valence-corrected chi connectivity index (χ4v) is 3.34. The summed E-state index contributed by atoms with van der Waals surface area (Å²) in [5.41, 5.74) is 5.88. The summed E-state index contributed by atoms with van der Waals surface area (Å²) in [7, 11) is 0. The van der Waals surface area contributed by atoms with Gasteiger partial charge in [-0.1, -0.05) is 33.6 Å². The third kappa shape index (κ3) is 2.88. The Morgan fingerprint density at radius 2 is 1.75 bits per heavy atom. The number of rotatable bonds is 4. The largest absolute Gasteiger partial charge is 0.0888 e. The highest BCUT2D eigenvalue weighted by molar-refractivity contribution is 9.09. The zero-order chi connectivity index (χ0) is 11.7. The highest BCUT2D eigenvalue weighted by Crippen LogP contribution is 2.38. The molecule has 2 rings (SSSR count). The number of halogens is 1. The molecule has 1 aromatic rings. The van der Waals surface area contributed by atoms with E-state index in [4.69, 9.17) is 0 Å². The first-order valence-electron chi connectivity index (χ1n) is 6.28. The van der Waals surface area contributed by atoms with Crippen molar-refractivity contribution in [3.05, 3.63) is 34.4 Å². The van der Waals surface area contributed by atoms with Gasteiger partial charge in [0, 0.05) is 4.83 Å². The van der Waals surface area contributed by atoms with Crippen molar-refractivity contribution in [3.63, 3.8) is 0 Å². The molecular weight excluding hydrogens is 260 g/mol. The van der Waals surface area contributed by atoms with Crippen LogP contribution in [-0.4, -0.2) is 4.83 Å². The topological polar surface area (TPSA) is 0 Å². The summed E-state index contributed by atoms with van der Waals surface area (Å²) in [5.74, 6) is 0.964. The summed E-state index contributed by atoms with van der Waals surface area (Å²) in [6.07, 6.45) is 5.38. The van der Waals surface area contributed by atoms with Crippen LogP contribution in [0.15, 0.2) is 12.1 Å². The third-order valence-corrected chi connectivity index (χ3v) is 4.85. The zero-order valence-corrected chi connectivity index (χ0v) is 12.1. The van der Waals surface area contributed by atoms with Gasteiger partial charge in [0.1, 0.15) is 0 Å². The second kappa shape index (κ2) is 4.91. The maximum Gasteiger partial charge on any atom is 0.0177 e. The molecule has 0 amide bonds. The molecule has 1 aliphatic rings. The maximum atomic E-state index is 3.83. The summed E-state index contributed by atoms with van der Waals surface area (Å²) in [6.45, 7) is 6.67. The molecule has 0 N–H and O–H groups in total. The molecular formula is C15H21Br. The van der Waals surface area contributed by atoms with Crippen molar-refractivity contribution >= 4 is 15.9 Å². The van der Waals surface area contributed by atoms with Crippen molar-refractivity contribution in [3.8, 4) is 0 Å². The summed E-state index contributed by atoms with van der Waals surface area (Å²) in [6, 6.07) is 4.62. The van der Waals surface area contributed by atoms with Crippen LogP contribution in [-0.2, 0) is 6.42 Å². The van der Waals surface area contributed by atoms with Crippen LogP contribution in [0.3, 0.4) is 0 Å². The predicted octanol–water partition coefficient (Wildman–Crippen LogP) is 4.72. The van der Waals surface area contributed by atoms with Crippen molar-refractivity contribution in [2.45, 2.75) is 51.3 Å². The standard InChI is InChI=1S/C15H21Br/c1-10-8-11(2)14(12(3)9-10)6-7-15(16)13-4-5-13/h8-9,13,15H,4-7H2,1-3H3. The van der Waals surface area contributed by atoms with Gasteiger partial charge in [0.15, 0.2) is 0 Å². The lowest BCUT2D eigenvalue weighted by Crippen LogP contribution is -2.04. The number of benzene rings is 1. The van der Waals surface area contributed by atoms with Gasteiger partial charge >= 0.3 is 0 Å². The van der Waals surface area contributed by atoms with Crippen LogP contribution >= 0.6 is 15.9 Å². The molecule has 0 radical (unpaired) electrons. The van der Waals surface area contributed by atoms with E-state index in [0.717, 1.165) is 10.7 Å². The summed E-state index contributed by atoms with van der Waals surface area (Å²) in [5, 5.41) is 0. The van der Waals surface area contributed by atoms with Gasteiger partial charge in [0.05, 0.1) is 0 Å². The third-order valence-electron chi connectivity index (χ3n) is 3.64. The number of hydrogen-bond acceptors (Lipinski definition) is 0. The van der Waals surface area contributed by atoms with E-state index in [-0.39, 0.29) is 0 Å². The SMILES string of the molecule is Cc1cc(C)c(CCC(Br)C2CC2)c(C)c1. The first-order chi connectivity index (χ1) is 7.58. The predicted molar refractivity (Wildman–Crippen MR) is 74.4 cm³/mol. The van der Waals surface area contributed by atoms with Crippen molar-refractivity contribution in [2.75, 3.05) is 0 Å². The van der Waals surface area contributed by atoms with Crippen LogP contribution < -0.4 is 0 Å². The van der Waals surface area contributed by atoms with E-state index in [2.05, 4.69) is 48.8 Å². The van der Waals surface area contributed by atoms with Crippen molar-refractivity contribution in [2.24, 2.45) is 5.92 Å². The molecule has 88 valence electrons. The molecule has 0 spiro atoms. The minimum absolute atomic E-state index is 0.743. The van der Waals surface area contributed by atoms with Crippen molar-refractivity contribution in [1.29, 1.82) is 0 Å². The van der Waals surface area contributed by atoms with E-state index < -0.39 is 0 Å². The minimum atomic E-state index is 0.743. The molecule has 1 aliphatic carbocycles. The lowest BCUT2D eigenvalue weighted by Gasteiger charge is -2.13. The smallest absolute Gasteiger partial charge is 0.0177 e. The van der Waals surface area contributed by atoms with Gasteiger partial charge in [0.25, 0.3) is 0 Å². The number of alkyl halides is 1. The summed E-state index contributed by atoms with van der Waals surface area (Å²) >= 11 is 3.83. The molecule has 0 bridgehead atoms. The van der Waals surface area contributed by atoms with E-state index in [9.17, 15) is 0 Å². The second-order valence-electron chi connectivity index (χ2n) is 5.27. The zero-order valence-electron chi connectivity index (χ0n) is 10.5. The van der Waals surface area contributed by atoms with Gasteiger partial charge in [-0.2, -0.15) is 0 Å². The Kier molecular flexibility index (Phi) is 3.73. The van der Waals surface area contributed by atoms with Gasteiger partial charge in [0.2, 0.25) is 0 Å². The normalized spacial score (nSPS) is 17.5. The van der Waals surface area contributed by atoms with Gasteiger partial charge < -0.3 is 0 Å². The summed E-state index contributed by atoms with van der Waals surface area (Å²) < 4.78 is 0. The van der Waals surface area contributed by atoms with Gasteiger partial charge in [-0.25, -0.2) is 0 Å². The molecule has 0 saturated heterocycles. The lowest BCUT2D eigenvalue weighted by atomic mass is 9.95. The van der Waals surface area contributed by atoms with Gasteiger partial charge in [-0.3, -0.25) is 0 Å². The van der Waals surface area contributed by atoms with E-state index in [1.54, 1.807) is 5.56 Å². The average Bonchev–Trinajstić information content (AvgIpc) is 2.98. The molecule has 1 heteroatoms. The van der Waals surface area contributed by atoms with Crippen LogP contribution in [0.2, 0.25) is 0 Å². The first-order valence-corrected chi connectivity index (χ1v) is 7.20. The van der Waals surface area contributed by atoms with Crippen LogP contribution in [0.5, 0.6) is 0 Å². The maximum absolute atomic E-state index is 3.83. The van der Waals surface area contributed by atoms with Gasteiger partial charge in [-0.05, 0) is 69.1 Å². The Morgan fingerprint density at radius 3 is 2.25 bits per heavy atom. The Bertz CT molecular complexity index is 354. The van der Waals surface area contributed by atoms with Crippen molar-refractivity contribution in [1.82, 2.24) is 0 Å². The lowest BCUT2D eigenvalue weighted by molar-refractivity contribution is 0.693. The Hall–Kier alpha value is -0.300. The molecule has 0 aromatic heterocycles. The molecule has 1 unspecified atom stereocenters. The van der Waals surface area contributed by atoms with Gasteiger partial charge in [-0.15, -0.1) is 0 Å². The summed E-state index contributed by atoms with van der Waals surface area (Å²) in [4.78, 5) is 0.743. The van der Waals surface area contributed by atoms with Crippen LogP contribution in [0.25, 0.3) is 0 Å². The number of aryl methyl sites for hydroxylation is 3. The van der Waals surface area contributed by atoms with Crippen LogP contribution in [0.1, 0.15) is 41.5 Å². The minimum Gasteiger partial charge on any atom is -0.0888 e. The fourth-order valence-electron chi connectivity index (χ4n) is 2.58. The quantitative estimate of drug-likeness (QED) is 0.701. The number of hydrogen-bond donors (Lipinski definition) is 0. The molecule has 1 saturated carbocycles. The van der Waals surface area contributed by atoms with E-state index in [0.29, 0.717) is 0 Å². The van der Waals surface area contributed by atoms with Crippen LogP contribution in [0, 0.1) is 26.7 Å². The first kappa shape index (κ1) is 12.2. The van der Waals surface area contributed by atoms with E-state index >= 15 is 0 Å². The molecule has 16 heavy (non-hydrogen) atoms. The molecule has 1 fully saturated rings. The Labute approximate surface area is 108 Å². The molecule has 1 aromatic carbocycles. The molecule has 1 atom stereocenters. The van der Waals surface area contributed by atoms with Crippen LogP contribution in [0.4, 0.5) is 0 Å². The monoisotopic (exact) mass is 280 g/mol. The second-order valence-corrected chi connectivity index (χ2v) is 6.45. The molecule has 0 heterocycles. The Morgan fingerprint density at radius 1 is 1.19 bits per heavy atom. The highest BCUT2D eigenvalue weighted by atomic mass is 79.9. The highest BCUT2D eigenvalue weighted by Gasteiger charge is 2.28. The molecule has 0 aliphatic heterocycles. The van der Waals surface area contributed by atoms with E-state index in [1.165, 1.54) is 42.4 Å². The molecule has 0 nitrogen and oxygen atoms in total. The Balaban J connectivity index is 2.02. The van der Waals surface area contributed by atoms with Crippen molar-refractivity contribution < 1.29 is 0 Å². The fraction of sp³-hybridized carbons (Fsp3) is 0.600. The average molecular weight is 281 g/mol.